The Kier molecular flexibility index (Phi) is 1.45. The third kappa shape index (κ3) is 1.20. The molecule has 2 rings (SSSR count). The highest BCUT2D eigenvalue weighted by molar-refractivity contribution is 5.27. The number of epoxide rings is 1. The van der Waals surface area contributed by atoms with E-state index in [9.17, 15) is 8.78 Å². The van der Waals surface area contributed by atoms with Gasteiger partial charge < -0.3 is 4.74 Å². The van der Waals surface area contributed by atoms with Crippen molar-refractivity contribution in [3.63, 3.8) is 0 Å². The van der Waals surface area contributed by atoms with Gasteiger partial charge in [0.25, 0.3) is 0 Å². The summed E-state index contributed by atoms with van der Waals surface area (Å²) in [6.07, 6.45) is 0. The van der Waals surface area contributed by atoms with E-state index in [1.807, 2.05) is 0 Å². The van der Waals surface area contributed by atoms with Crippen molar-refractivity contribution >= 4 is 0 Å². The molecule has 0 saturated carbocycles. The molecule has 3 heteroatoms. The maximum absolute atomic E-state index is 12.7. The molecule has 1 heterocycles. The third-order valence-corrected chi connectivity index (χ3v) is 2.05. The average Bonchev–Trinajstić information content (AvgIpc) is 2.67. The first-order valence-corrected chi connectivity index (χ1v) is 3.71. The molecule has 0 spiro atoms. The van der Waals surface area contributed by atoms with Crippen molar-refractivity contribution < 1.29 is 13.5 Å². The van der Waals surface area contributed by atoms with Gasteiger partial charge in [0, 0.05) is 6.07 Å². The quantitative estimate of drug-likeness (QED) is 0.588. The summed E-state index contributed by atoms with van der Waals surface area (Å²) in [7, 11) is 0. The second-order valence-electron chi connectivity index (χ2n) is 3.18. The smallest absolute Gasteiger partial charge is 0.126 e. The molecule has 1 saturated heterocycles. The molecular formula is C9H8F2O. The Labute approximate surface area is 69.0 Å². The van der Waals surface area contributed by atoms with Crippen LogP contribution in [0.4, 0.5) is 8.78 Å². The van der Waals surface area contributed by atoms with Crippen molar-refractivity contribution in [3.8, 4) is 0 Å². The highest BCUT2D eigenvalue weighted by atomic mass is 19.1. The number of rotatable bonds is 1. The van der Waals surface area contributed by atoms with E-state index in [4.69, 9.17) is 4.74 Å². The van der Waals surface area contributed by atoms with E-state index in [0.717, 1.165) is 6.07 Å². The Morgan fingerprint density at radius 2 is 1.75 bits per heavy atom. The zero-order chi connectivity index (χ0) is 8.77. The molecule has 1 aliphatic heterocycles. The molecule has 0 aliphatic carbocycles. The maximum atomic E-state index is 12.7. The molecular weight excluding hydrogens is 162 g/mol. The molecule has 0 aromatic heterocycles. The number of hydrogen-bond acceptors (Lipinski definition) is 1. The first kappa shape index (κ1) is 7.68. The second-order valence-corrected chi connectivity index (χ2v) is 3.18. The first-order chi connectivity index (χ1) is 5.60. The van der Waals surface area contributed by atoms with Crippen LogP contribution in [0.5, 0.6) is 0 Å². The van der Waals surface area contributed by atoms with Gasteiger partial charge in [0.05, 0.1) is 6.61 Å². The lowest BCUT2D eigenvalue weighted by Gasteiger charge is -2.04. The number of halogens is 2. The molecule has 1 aromatic carbocycles. The van der Waals surface area contributed by atoms with E-state index in [-0.39, 0.29) is 0 Å². The predicted molar refractivity (Wildman–Crippen MR) is 39.7 cm³/mol. The van der Waals surface area contributed by atoms with E-state index in [0.29, 0.717) is 12.2 Å². The van der Waals surface area contributed by atoms with Gasteiger partial charge in [-0.25, -0.2) is 8.78 Å². The zero-order valence-corrected chi connectivity index (χ0v) is 6.60. The molecule has 0 bridgehead atoms. The van der Waals surface area contributed by atoms with Gasteiger partial charge in [0.1, 0.15) is 17.2 Å². The van der Waals surface area contributed by atoms with Crippen LogP contribution >= 0.6 is 0 Å². The predicted octanol–water partition coefficient (Wildman–Crippen LogP) is 2.21. The van der Waals surface area contributed by atoms with E-state index in [2.05, 4.69) is 0 Å². The molecule has 1 fully saturated rings. The van der Waals surface area contributed by atoms with Crippen LogP contribution in [0.15, 0.2) is 18.2 Å². The van der Waals surface area contributed by atoms with Crippen LogP contribution in [0.3, 0.4) is 0 Å². The summed E-state index contributed by atoms with van der Waals surface area (Å²) < 4.78 is 30.4. The average molecular weight is 170 g/mol. The Hall–Kier alpha value is -0.960. The Morgan fingerprint density at radius 3 is 2.17 bits per heavy atom. The van der Waals surface area contributed by atoms with Crippen LogP contribution in [-0.2, 0) is 10.3 Å². The van der Waals surface area contributed by atoms with Gasteiger partial charge in [-0.1, -0.05) is 0 Å². The highest BCUT2D eigenvalue weighted by Gasteiger charge is 2.41. The van der Waals surface area contributed by atoms with Crippen molar-refractivity contribution in [1.29, 1.82) is 0 Å². The minimum absolute atomic E-state index is 0.455. The minimum Gasteiger partial charge on any atom is -0.365 e. The molecule has 0 radical (unpaired) electrons. The second kappa shape index (κ2) is 2.26. The summed E-state index contributed by atoms with van der Waals surface area (Å²) in [6, 6.07) is 3.46. The van der Waals surface area contributed by atoms with Gasteiger partial charge in [-0.3, -0.25) is 0 Å². The molecule has 1 atom stereocenters. The molecule has 1 aliphatic rings. The van der Waals surface area contributed by atoms with Gasteiger partial charge in [0.15, 0.2) is 0 Å². The number of ether oxygens (including phenoxy) is 1. The van der Waals surface area contributed by atoms with Gasteiger partial charge in [0.2, 0.25) is 0 Å². The van der Waals surface area contributed by atoms with Crippen molar-refractivity contribution in [2.45, 2.75) is 12.5 Å². The fraction of sp³-hybridized carbons (Fsp3) is 0.333. The number of benzene rings is 1. The molecule has 1 aromatic rings. The topological polar surface area (TPSA) is 12.5 Å². The fourth-order valence-electron chi connectivity index (χ4n) is 1.13. The van der Waals surface area contributed by atoms with E-state index in [1.54, 1.807) is 6.92 Å². The molecule has 12 heavy (non-hydrogen) atoms. The summed E-state index contributed by atoms with van der Waals surface area (Å²) >= 11 is 0. The van der Waals surface area contributed by atoms with Gasteiger partial charge in [-0.05, 0) is 24.6 Å². The van der Waals surface area contributed by atoms with Crippen LogP contribution < -0.4 is 0 Å². The lowest BCUT2D eigenvalue weighted by atomic mass is 10.0. The van der Waals surface area contributed by atoms with Crippen LogP contribution in [0, 0.1) is 11.6 Å². The van der Waals surface area contributed by atoms with Crippen molar-refractivity contribution in [2.24, 2.45) is 0 Å². The van der Waals surface area contributed by atoms with E-state index in [1.165, 1.54) is 12.1 Å². The SMILES string of the molecule is CC1(c2cc(F)cc(F)c2)CO1. The monoisotopic (exact) mass is 170 g/mol. The van der Waals surface area contributed by atoms with E-state index < -0.39 is 17.2 Å². The van der Waals surface area contributed by atoms with Crippen molar-refractivity contribution in [3.05, 3.63) is 35.4 Å². The van der Waals surface area contributed by atoms with Crippen LogP contribution in [0.25, 0.3) is 0 Å². The lowest BCUT2D eigenvalue weighted by Crippen LogP contribution is -2.03. The Bertz CT molecular complexity index is 298. The van der Waals surface area contributed by atoms with Gasteiger partial charge >= 0.3 is 0 Å². The largest absolute Gasteiger partial charge is 0.365 e. The standard InChI is InChI=1S/C9H8F2O/c1-9(5-12-9)6-2-7(10)4-8(11)3-6/h2-4H,5H2,1H3. The minimum atomic E-state index is -0.554. The molecule has 64 valence electrons. The summed E-state index contributed by atoms with van der Waals surface area (Å²) in [6.45, 7) is 2.34. The van der Waals surface area contributed by atoms with Crippen LogP contribution in [0.1, 0.15) is 12.5 Å². The summed E-state index contributed by atoms with van der Waals surface area (Å²) in [4.78, 5) is 0. The summed E-state index contributed by atoms with van der Waals surface area (Å²) in [5, 5.41) is 0. The Balaban J connectivity index is 2.44. The molecule has 0 amide bonds. The molecule has 0 N–H and O–H groups in total. The number of hydrogen-bond donors (Lipinski definition) is 0. The summed E-state index contributed by atoms with van der Waals surface area (Å²) in [5.74, 6) is -1.11. The normalized spacial score (nSPS) is 27.2. The highest BCUT2D eigenvalue weighted by Crippen LogP contribution is 2.38. The first-order valence-electron chi connectivity index (χ1n) is 3.71. The van der Waals surface area contributed by atoms with E-state index >= 15 is 0 Å². The Morgan fingerprint density at radius 1 is 1.25 bits per heavy atom. The summed E-state index contributed by atoms with van der Waals surface area (Å²) in [5.41, 5.74) is 0.114. The maximum Gasteiger partial charge on any atom is 0.126 e. The fourth-order valence-corrected chi connectivity index (χ4v) is 1.13. The van der Waals surface area contributed by atoms with Gasteiger partial charge in [-0.2, -0.15) is 0 Å². The lowest BCUT2D eigenvalue weighted by molar-refractivity contribution is 0.327. The molecule has 1 unspecified atom stereocenters. The van der Waals surface area contributed by atoms with Crippen LogP contribution in [0.2, 0.25) is 0 Å². The third-order valence-electron chi connectivity index (χ3n) is 2.05. The van der Waals surface area contributed by atoms with Gasteiger partial charge in [-0.15, -0.1) is 0 Å². The van der Waals surface area contributed by atoms with Crippen LogP contribution in [-0.4, -0.2) is 6.61 Å². The van der Waals surface area contributed by atoms with Crippen molar-refractivity contribution in [1.82, 2.24) is 0 Å². The van der Waals surface area contributed by atoms with Crippen molar-refractivity contribution in [2.75, 3.05) is 6.61 Å². The zero-order valence-electron chi connectivity index (χ0n) is 6.60. The molecule has 1 nitrogen and oxygen atoms in total.